The number of hydrazone groups is 1. The first-order valence-corrected chi connectivity index (χ1v) is 13.7. The molecule has 0 bridgehead atoms. The van der Waals surface area contributed by atoms with Crippen molar-refractivity contribution < 1.29 is 18.6 Å². The number of anilines is 4. The number of para-hydroxylation sites is 1. The number of nitrogens with zero attached hydrogens (tertiary/aromatic N) is 4. The van der Waals surface area contributed by atoms with Gasteiger partial charge in [0.2, 0.25) is 17.8 Å². The molecule has 0 aliphatic rings. The summed E-state index contributed by atoms with van der Waals surface area (Å²) in [4.78, 5) is 13.4. The first-order chi connectivity index (χ1) is 21.0. The minimum Gasteiger partial charge on any atom is -0.497 e. The Morgan fingerprint density at radius 1 is 0.884 bits per heavy atom. The van der Waals surface area contributed by atoms with Crippen molar-refractivity contribution in [2.45, 2.75) is 13.2 Å². The topological polar surface area (TPSA) is 128 Å². The maximum Gasteiger partial charge on any atom is 0.250 e. The molecule has 5 rings (SSSR count). The number of hydrogen-bond donors (Lipinski definition) is 3. The molecule has 11 nitrogen and oxygen atoms in total. The Bertz CT molecular complexity index is 1680. The van der Waals surface area contributed by atoms with Crippen molar-refractivity contribution in [2.24, 2.45) is 5.10 Å². The zero-order valence-electron chi connectivity index (χ0n) is 23.2. The van der Waals surface area contributed by atoms with Crippen molar-refractivity contribution in [3.05, 3.63) is 106 Å². The van der Waals surface area contributed by atoms with Gasteiger partial charge in [0.25, 0.3) is 0 Å². The van der Waals surface area contributed by atoms with Crippen LogP contribution in [0.15, 0.2) is 88.6 Å². The molecule has 2 aromatic heterocycles. The molecule has 0 unspecified atom stereocenters. The van der Waals surface area contributed by atoms with Crippen LogP contribution in [-0.4, -0.2) is 35.4 Å². The Morgan fingerprint density at radius 2 is 1.70 bits per heavy atom. The molecule has 13 heteroatoms. The van der Waals surface area contributed by atoms with E-state index in [1.54, 1.807) is 44.9 Å². The third-order valence-corrected chi connectivity index (χ3v) is 6.55. The summed E-state index contributed by atoms with van der Waals surface area (Å²) in [6.07, 6.45) is 3.18. The molecule has 3 N–H and O–H groups in total. The smallest absolute Gasteiger partial charge is 0.250 e. The molecule has 5 aromatic rings. The van der Waals surface area contributed by atoms with Crippen molar-refractivity contribution in [3.63, 3.8) is 0 Å². The summed E-state index contributed by atoms with van der Waals surface area (Å²) >= 11 is 12.4. The lowest BCUT2D eigenvalue weighted by Crippen LogP contribution is -2.09. The van der Waals surface area contributed by atoms with Gasteiger partial charge >= 0.3 is 0 Å². The Kier molecular flexibility index (Phi) is 9.78. The van der Waals surface area contributed by atoms with Crippen LogP contribution in [-0.2, 0) is 13.2 Å². The van der Waals surface area contributed by atoms with Crippen molar-refractivity contribution in [1.82, 2.24) is 15.0 Å². The van der Waals surface area contributed by atoms with E-state index < -0.39 is 0 Å². The molecular weight excluding hydrogens is 593 g/mol. The molecule has 0 saturated heterocycles. The molecular formula is C30H27Cl2N7O4. The predicted molar refractivity (Wildman–Crippen MR) is 167 cm³/mol. The van der Waals surface area contributed by atoms with Gasteiger partial charge in [0.1, 0.15) is 18.1 Å². The van der Waals surface area contributed by atoms with Gasteiger partial charge in [0.15, 0.2) is 11.5 Å². The highest BCUT2D eigenvalue weighted by Crippen LogP contribution is 2.32. The Hall–Kier alpha value is -5.00. The first kappa shape index (κ1) is 29.5. The second-order valence-electron chi connectivity index (χ2n) is 8.87. The number of aromatic nitrogens is 3. The maximum atomic E-state index is 6.33. The van der Waals surface area contributed by atoms with E-state index in [2.05, 4.69) is 36.1 Å². The summed E-state index contributed by atoms with van der Waals surface area (Å²) in [7, 11) is 3.18. The van der Waals surface area contributed by atoms with Gasteiger partial charge in [0, 0.05) is 26.9 Å². The molecule has 0 amide bonds. The van der Waals surface area contributed by atoms with Crippen molar-refractivity contribution >= 4 is 52.9 Å². The average Bonchev–Trinajstić information content (AvgIpc) is 3.54. The van der Waals surface area contributed by atoms with Gasteiger partial charge in [-0.3, -0.25) is 0 Å². The summed E-state index contributed by atoms with van der Waals surface area (Å²) in [6.45, 7) is 0.576. The molecule has 220 valence electrons. The summed E-state index contributed by atoms with van der Waals surface area (Å²) in [6, 6.07) is 21.7. The van der Waals surface area contributed by atoms with E-state index >= 15 is 0 Å². The maximum absolute atomic E-state index is 6.33. The van der Waals surface area contributed by atoms with Gasteiger partial charge in [-0.25, -0.2) is 5.43 Å². The van der Waals surface area contributed by atoms with Crippen molar-refractivity contribution in [3.8, 4) is 17.2 Å². The molecule has 0 aliphatic carbocycles. The molecule has 43 heavy (non-hydrogen) atoms. The number of halogens is 2. The van der Waals surface area contributed by atoms with Gasteiger partial charge in [-0.15, -0.1) is 0 Å². The summed E-state index contributed by atoms with van der Waals surface area (Å²) in [5, 5.41) is 11.7. The monoisotopic (exact) mass is 619 g/mol. The predicted octanol–water partition coefficient (Wildman–Crippen LogP) is 7.17. The van der Waals surface area contributed by atoms with Crippen LogP contribution in [0.2, 0.25) is 10.0 Å². The first-order valence-electron chi connectivity index (χ1n) is 13.0. The zero-order chi connectivity index (χ0) is 30.0. The zero-order valence-corrected chi connectivity index (χ0v) is 24.7. The van der Waals surface area contributed by atoms with Crippen LogP contribution < -0.4 is 30.3 Å². The van der Waals surface area contributed by atoms with Gasteiger partial charge in [-0.05, 0) is 60.7 Å². The van der Waals surface area contributed by atoms with E-state index in [1.807, 2.05) is 54.6 Å². The highest BCUT2D eigenvalue weighted by Gasteiger charge is 2.12. The number of furan rings is 1. The van der Waals surface area contributed by atoms with Crippen LogP contribution in [0.5, 0.6) is 17.2 Å². The van der Waals surface area contributed by atoms with Gasteiger partial charge in [-0.1, -0.05) is 35.3 Å². The fourth-order valence-electron chi connectivity index (χ4n) is 3.84. The number of rotatable bonds is 13. The molecule has 3 aromatic carbocycles. The second-order valence-corrected chi connectivity index (χ2v) is 9.71. The lowest BCUT2D eigenvalue weighted by molar-refractivity contribution is 0.284. The fourth-order valence-corrected chi connectivity index (χ4v) is 4.30. The van der Waals surface area contributed by atoms with Crippen LogP contribution in [0, 0.1) is 0 Å². The number of methoxy groups -OCH3 is 2. The summed E-state index contributed by atoms with van der Waals surface area (Å²) in [5.41, 5.74) is 5.06. The van der Waals surface area contributed by atoms with E-state index in [1.165, 1.54) is 0 Å². The molecule has 0 atom stereocenters. The Morgan fingerprint density at radius 3 is 2.44 bits per heavy atom. The van der Waals surface area contributed by atoms with Gasteiger partial charge in [-0.2, -0.15) is 20.1 Å². The minimum absolute atomic E-state index is 0.197. The normalized spacial score (nSPS) is 10.9. The van der Waals surface area contributed by atoms with Crippen molar-refractivity contribution in [1.29, 1.82) is 0 Å². The fraction of sp³-hybridized carbons (Fsp3) is 0.133. The SMILES string of the molecule is COc1ccc(Nc2nc(NCc3ccco3)nc(NN=Cc3cccc(OC)c3OCc3ccc(Cl)cc3Cl)n2)cc1. The number of hydrogen-bond acceptors (Lipinski definition) is 11. The molecule has 0 saturated carbocycles. The highest BCUT2D eigenvalue weighted by molar-refractivity contribution is 6.35. The largest absolute Gasteiger partial charge is 0.497 e. The van der Waals surface area contributed by atoms with E-state index in [4.69, 9.17) is 41.8 Å². The molecule has 0 spiro atoms. The lowest BCUT2D eigenvalue weighted by Gasteiger charge is -2.14. The minimum atomic E-state index is 0.197. The lowest BCUT2D eigenvalue weighted by atomic mass is 10.2. The van der Waals surface area contributed by atoms with Crippen LogP contribution in [0.3, 0.4) is 0 Å². The van der Waals surface area contributed by atoms with Crippen LogP contribution in [0.4, 0.5) is 23.5 Å². The Labute approximate surface area is 257 Å². The molecule has 2 heterocycles. The van der Waals surface area contributed by atoms with E-state index in [-0.39, 0.29) is 12.6 Å². The van der Waals surface area contributed by atoms with Gasteiger partial charge in [0.05, 0.1) is 33.2 Å². The average molecular weight is 620 g/mol. The third kappa shape index (κ3) is 8.06. The van der Waals surface area contributed by atoms with Crippen LogP contribution in [0.25, 0.3) is 0 Å². The summed E-state index contributed by atoms with van der Waals surface area (Å²) < 4.78 is 22.3. The summed E-state index contributed by atoms with van der Waals surface area (Å²) in [5.74, 6) is 3.28. The number of nitrogens with one attached hydrogen (secondary N) is 3. The molecule has 0 aliphatic heterocycles. The molecule has 0 radical (unpaired) electrons. The van der Waals surface area contributed by atoms with Crippen molar-refractivity contribution in [2.75, 3.05) is 30.3 Å². The second kappa shape index (κ2) is 14.3. The Balaban J connectivity index is 1.35. The van der Waals surface area contributed by atoms with E-state index in [9.17, 15) is 0 Å². The molecule has 0 fully saturated rings. The third-order valence-electron chi connectivity index (χ3n) is 5.97. The van der Waals surface area contributed by atoms with Crippen LogP contribution in [0.1, 0.15) is 16.9 Å². The van der Waals surface area contributed by atoms with Crippen LogP contribution >= 0.6 is 23.2 Å². The van der Waals surface area contributed by atoms with E-state index in [0.29, 0.717) is 45.5 Å². The standard InChI is InChI=1S/C30H27Cl2N7O4/c1-40-23-12-10-22(11-13-23)35-29-36-28(33-17-24-6-4-14-42-24)37-30(38-29)39-34-16-19-5-3-7-26(41-2)27(19)43-18-20-8-9-21(31)15-25(20)32/h3-16H,17-18H2,1-2H3,(H3,33,35,36,37,38,39). The van der Waals surface area contributed by atoms with Gasteiger partial charge < -0.3 is 29.3 Å². The number of ether oxygens (including phenoxy) is 3. The van der Waals surface area contributed by atoms with E-state index in [0.717, 1.165) is 22.8 Å². The number of benzene rings is 3. The highest BCUT2D eigenvalue weighted by atomic mass is 35.5. The quantitative estimate of drug-likeness (QED) is 0.0921.